The predicted molar refractivity (Wildman–Crippen MR) is 129 cm³/mol. The second-order valence-electron chi connectivity index (χ2n) is 8.38. The third-order valence-corrected chi connectivity index (χ3v) is 7.21. The highest BCUT2D eigenvalue weighted by Gasteiger charge is 2.26. The zero-order valence-corrected chi connectivity index (χ0v) is 19.3. The van der Waals surface area contributed by atoms with E-state index in [0.717, 1.165) is 35.5 Å². The maximum atomic E-state index is 13.6. The minimum absolute atomic E-state index is 0.0248. The number of halogens is 1. The van der Waals surface area contributed by atoms with Gasteiger partial charge in [-0.3, -0.25) is 14.3 Å². The number of H-pyrrole nitrogens is 1. The van der Waals surface area contributed by atoms with Gasteiger partial charge in [0.1, 0.15) is 5.82 Å². The fourth-order valence-electron chi connectivity index (χ4n) is 4.46. The lowest BCUT2D eigenvalue weighted by Gasteiger charge is -2.31. The first-order valence-electron chi connectivity index (χ1n) is 11.3. The van der Waals surface area contributed by atoms with Crippen molar-refractivity contribution in [3.05, 3.63) is 71.9 Å². The van der Waals surface area contributed by atoms with Gasteiger partial charge in [0.15, 0.2) is 16.8 Å². The number of thioether (sulfide) groups is 1. The molecule has 1 saturated heterocycles. The molecule has 2 aromatic heterocycles. The monoisotopic (exact) mass is 463 g/mol. The van der Waals surface area contributed by atoms with E-state index in [1.165, 1.54) is 43.2 Å². The van der Waals surface area contributed by atoms with Gasteiger partial charge in [0.25, 0.3) is 0 Å². The van der Waals surface area contributed by atoms with Crippen LogP contribution in [0.5, 0.6) is 0 Å². The maximum Gasteiger partial charge on any atom is 0.196 e. The number of fused-ring (bicyclic) bond motifs is 1. The number of Topliss-reactive ketones (excluding diaryl/α,β-unsaturated/α-hetero) is 1. The fraction of sp³-hybridized carbons (Fsp3) is 0.320. The van der Waals surface area contributed by atoms with Gasteiger partial charge < -0.3 is 4.98 Å². The number of hydrogen-bond donors (Lipinski definition) is 1. The molecule has 1 unspecified atom stereocenters. The SMILES string of the molecule is CC(c1nnc(SCC(=O)c2c[nH]c3ccccc23)n1-c1ccc(F)cc1)N1CCCCC1. The number of carbonyl (C=O) groups is 1. The van der Waals surface area contributed by atoms with Crippen LogP contribution in [0.2, 0.25) is 0 Å². The Labute approximate surface area is 196 Å². The number of nitrogens with one attached hydrogen (secondary N) is 1. The molecule has 4 aromatic rings. The normalized spacial score (nSPS) is 15.7. The van der Waals surface area contributed by atoms with Crippen LogP contribution in [0.1, 0.15) is 48.4 Å². The number of likely N-dealkylation sites (tertiary alicyclic amines) is 1. The van der Waals surface area contributed by atoms with Crippen molar-refractivity contribution >= 4 is 28.4 Å². The third kappa shape index (κ3) is 4.45. The van der Waals surface area contributed by atoms with E-state index >= 15 is 0 Å². The van der Waals surface area contributed by atoms with E-state index in [1.54, 1.807) is 18.3 Å². The van der Waals surface area contributed by atoms with Crippen molar-refractivity contribution < 1.29 is 9.18 Å². The molecule has 0 radical (unpaired) electrons. The lowest BCUT2D eigenvalue weighted by Crippen LogP contribution is -2.33. The number of ketones is 1. The molecule has 0 spiro atoms. The van der Waals surface area contributed by atoms with E-state index in [-0.39, 0.29) is 23.4 Å². The highest BCUT2D eigenvalue weighted by molar-refractivity contribution is 7.99. The van der Waals surface area contributed by atoms with Gasteiger partial charge >= 0.3 is 0 Å². The van der Waals surface area contributed by atoms with Gasteiger partial charge in [-0.25, -0.2) is 4.39 Å². The molecule has 1 atom stereocenters. The van der Waals surface area contributed by atoms with Crippen molar-refractivity contribution in [3.63, 3.8) is 0 Å². The molecule has 33 heavy (non-hydrogen) atoms. The quantitative estimate of drug-likeness (QED) is 0.293. The summed E-state index contributed by atoms with van der Waals surface area (Å²) in [6.45, 7) is 4.19. The van der Waals surface area contributed by atoms with Gasteiger partial charge in [0, 0.05) is 28.4 Å². The van der Waals surface area contributed by atoms with Crippen LogP contribution in [0.15, 0.2) is 59.9 Å². The second-order valence-corrected chi connectivity index (χ2v) is 9.33. The lowest BCUT2D eigenvalue weighted by atomic mass is 10.1. The number of aromatic amines is 1. The first-order chi connectivity index (χ1) is 16.1. The smallest absolute Gasteiger partial charge is 0.196 e. The Balaban J connectivity index is 1.43. The van der Waals surface area contributed by atoms with E-state index < -0.39 is 0 Å². The molecule has 3 heterocycles. The Morgan fingerprint density at radius 3 is 2.64 bits per heavy atom. The molecule has 1 N–H and O–H groups in total. The molecule has 6 nitrogen and oxygen atoms in total. The topological polar surface area (TPSA) is 66.8 Å². The summed E-state index contributed by atoms with van der Waals surface area (Å²) >= 11 is 1.36. The van der Waals surface area contributed by atoms with Crippen LogP contribution in [-0.2, 0) is 0 Å². The highest BCUT2D eigenvalue weighted by atomic mass is 32.2. The molecule has 0 aliphatic carbocycles. The van der Waals surface area contributed by atoms with E-state index in [9.17, 15) is 9.18 Å². The molecule has 1 fully saturated rings. The zero-order chi connectivity index (χ0) is 22.8. The minimum atomic E-state index is -0.291. The van der Waals surface area contributed by atoms with Crippen LogP contribution >= 0.6 is 11.8 Å². The predicted octanol–water partition coefficient (Wildman–Crippen LogP) is 5.41. The molecule has 0 amide bonds. The van der Waals surface area contributed by atoms with Crippen molar-refractivity contribution in [2.24, 2.45) is 0 Å². The Hall–Kier alpha value is -2.97. The maximum absolute atomic E-state index is 13.6. The Kier molecular flexibility index (Phi) is 6.28. The summed E-state index contributed by atoms with van der Waals surface area (Å²) in [5.41, 5.74) is 2.41. The van der Waals surface area contributed by atoms with Crippen molar-refractivity contribution in [1.82, 2.24) is 24.6 Å². The summed E-state index contributed by atoms with van der Waals surface area (Å²) in [5, 5.41) is 10.5. The van der Waals surface area contributed by atoms with Crippen LogP contribution in [0.25, 0.3) is 16.6 Å². The van der Waals surface area contributed by atoms with Crippen molar-refractivity contribution in [3.8, 4) is 5.69 Å². The van der Waals surface area contributed by atoms with Crippen LogP contribution < -0.4 is 0 Å². The molecule has 0 saturated carbocycles. The first kappa shape index (κ1) is 21.9. The summed E-state index contributed by atoms with van der Waals surface area (Å²) in [6.07, 6.45) is 5.37. The molecular weight excluding hydrogens is 437 g/mol. The van der Waals surface area contributed by atoms with Gasteiger partial charge in [-0.2, -0.15) is 0 Å². The lowest BCUT2D eigenvalue weighted by molar-refractivity contribution is 0.102. The van der Waals surface area contributed by atoms with Crippen LogP contribution in [-0.4, -0.2) is 49.3 Å². The van der Waals surface area contributed by atoms with Crippen molar-refractivity contribution in [1.29, 1.82) is 0 Å². The van der Waals surface area contributed by atoms with Gasteiger partial charge in [0.05, 0.1) is 11.8 Å². The zero-order valence-electron chi connectivity index (χ0n) is 18.5. The van der Waals surface area contributed by atoms with Gasteiger partial charge in [-0.05, 0) is 63.2 Å². The number of nitrogens with zero attached hydrogens (tertiary/aromatic N) is 4. The first-order valence-corrected chi connectivity index (χ1v) is 12.3. The number of rotatable bonds is 7. The van der Waals surface area contributed by atoms with E-state index in [4.69, 9.17) is 0 Å². The average molecular weight is 464 g/mol. The summed E-state index contributed by atoms with van der Waals surface area (Å²) in [7, 11) is 0. The standard InChI is InChI=1S/C25H26FN5OS/c1-17(30-13-5-2-6-14-30)24-28-29-25(31(24)19-11-9-18(26)10-12-19)33-16-23(32)21-15-27-22-8-4-3-7-20(21)22/h3-4,7-12,15,17,27H,2,5-6,13-14,16H2,1H3. The number of para-hydroxylation sites is 1. The summed E-state index contributed by atoms with van der Waals surface area (Å²) in [5.74, 6) is 0.780. The number of carbonyl (C=O) groups excluding carboxylic acids is 1. The van der Waals surface area contributed by atoms with Gasteiger partial charge in [0.2, 0.25) is 0 Å². The molecule has 2 aromatic carbocycles. The molecule has 1 aliphatic heterocycles. The number of benzene rings is 2. The molecule has 1 aliphatic rings. The average Bonchev–Trinajstić information content (AvgIpc) is 3.48. The number of piperidine rings is 1. The van der Waals surface area contributed by atoms with Crippen molar-refractivity contribution in [2.75, 3.05) is 18.8 Å². The van der Waals surface area contributed by atoms with Crippen molar-refractivity contribution in [2.45, 2.75) is 37.4 Å². The Morgan fingerprint density at radius 2 is 1.85 bits per heavy atom. The molecule has 170 valence electrons. The minimum Gasteiger partial charge on any atom is -0.360 e. The summed E-state index contributed by atoms with van der Waals surface area (Å²) < 4.78 is 15.6. The number of aromatic nitrogens is 4. The van der Waals surface area contributed by atoms with Gasteiger partial charge in [-0.15, -0.1) is 10.2 Å². The van der Waals surface area contributed by atoms with Crippen LogP contribution in [0.4, 0.5) is 4.39 Å². The summed E-state index contributed by atoms with van der Waals surface area (Å²) in [6, 6.07) is 14.2. The second kappa shape index (κ2) is 9.49. The fourth-order valence-corrected chi connectivity index (χ4v) is 5.30. The van der Waals surface area contributed by atoms with Crippen LogP contribution in [0.3, 0.4) is 0 Å². The Bertz CT molecular complexity index is 1260. The Morgan fingerprint density at radius 1 is 1.09 bits per heavy atom. The largest absolute Gasteiger partial charge is 0.360 e. The van der Waals surface area contributed by atoms with Crippen LogP contribution in [0, 0.1) is 5.82 Å². The third-order valence-electron chi connectivity index (χ3n) is 6.28. The molecule has 0 bridgehead atoms. The molecule has 8 heteroatoms. The summed E-state index contributed by atoms with van der Waals surface area (Å²) in [4.78, 5) is 18.6. The van der Waals surface area contributed by atoms with Gasteiger partial charge in [-0.1, -0.05) is 36.4 Å². The highest BCUT2D eigenvalue weighted by Crippen LogP contribution is 2.30. The van der Waals surface area contributed by atoms with E-state index in [1.807, 2.05) is 28.8 Å². The molecule has 5 rings (SSSR count). The van der Waals surface area contributed by atoms with E-state index in [0.29, 0.717) is 10.7 Å². The number of hydrogen-bond acceptors (Lipinski definition) is 5. The molecular formula is C25H26FN5OS. The van der Waals surface area contributed by atoms with E-state index in [2.05, 4.69) is 27.0 Å².